The largest absolute Gasteiger partial charge is 0.508 e. The molecule has 2 heterocycles. The summed E-state index contributed by atoms with van der Waals surface area (Å²) in [5, 5.41) is 11.6. The van der Waals surface area contributed by atoms with Crippen LogP contribution in [0.1, 0.15) is 37.7 Å². The Morgan fingerprint density at radius 2 is 1.85 bits per heavy atom. The number of phenolic OH excluding ortho intramolecular Hbond substituents is 1. The van der Waals surface area contributed by atoms with Crippen molar-refractivity contribution in [3.8, 4) is 16.9 Å². The predicted octanol–water partition coefficient (Wildman–Crippen LogP) is 1.24. The van der Waals surface area contributed by atoms with Crippen molar-refractivity contribution in [2.24, 2.45) is 7.05 Å². The number of fused-ring (bicyclic) bond motifs is 2. The Morgan fingerprint density at radius 1 is 1.12 bits per heavy atom. The number of ketones is 2. The number of rotatable bonds is 4. The maximum Gasteiger partial charge on any atom is 0.227 e. The molecule has 0 saturated heterocycles. The summed E-state index contributed by atoms with van der Waals surface area (Å²) in [6.45, 7) is 0.850. The second-order valence-electron chi connectivity index (χ2n) is 6.59. The van der Waals surface area contributed by atoms with Gasteiger partial charge in [-0.2, -0.15) is 0 Å². The van der Waals surface area contributed by atoms with E-state index in [-0.39, 0.29) is 17.3 Å². The van der Waals surface area contributed by atoms with E-state index in [1.807, 2.05) is 13.2 Å². The molecule has 26 heavy (non-hydrogen) atoms. The van der Waals surface area contributed by atoms with Gasteiger partial charge in [-0.25, -0.2) is 0 Å². The van der Waals surface area contributed by atoms with Crippen LogP contribution in [0.15, 0.2) is 36.7 Å². The third-order valence-electron chi connectivity index (χ3n) is 4.92. The number of phenols is 1. The first-order valence-electron chi connectivity index (χ1n) is 8.59. The first kappa shape index (κ1) is 16.4. The molecule has 0 spiro atoms. The summed E-state index contributed by atoms with van der Waals surface area (Å²) in [5.41, 5.74) is 4.09. The Hall–Kier alpha value is -3.12. The number of nitrogens with two attached hydrogens (primary N) is 1. The Kier molecular flexibility index (Phi) is 3.77. The molecule has 3 aromatic rings. The minimum absolute atomic E-state index is 0.120. The summed E-state index contributed by atoms with van der Waals surface area (Å²) < 4.78 is 1.75. The van der Waals surface area contributed by atoms with Crippen LogP contribution >= 0.6 is 0 Å². The summed E-state index contributed by atoms with van der Waals surface area (Å²) in [6.07, 6.45) is 4.31. The fourth-order valence-corrected chi connectivity index (χ4v) is 3.66. The van der Waals surface area contributed by atoms with Crippen molar-refractivity contribution in [3.05, 3.63) is 64.7 Å². The third kappa shape index (κ3) is 2.30. The van der Waals surface area contributed by atoms with Gasteiger partial charge >= 0.3 is 0 Å². The quantitative estimate of drug-likeness (QED) is 0.517. The van der Waals surface area contributed by atoms with Crippen molar-refractivity contribution in [1.29, 1.82) is 0 Å². The molecule has 4 rings (SSSR count). The maximum atomic E-state index is 13.3. The molecule has 6 nitrogen and oxygen atoms in total. The monoisotopic (exact) mass is 350 g/mol. The molecule has 132 valence electrons. The lowest BCUT2D eigenvalue weighted by Crippen LogP contribution is -2.80. The van der Waals surface area contributed by atoms with Gasteiger partial charge in [-0.1, -0.05) is 12.1 Å². The minimum Gasteiger partial charge on any atom is -0.508 e. The normalized spacial score (nSPS) is 13.0. The van der Waals surface area contributed by atoms with E-state index < -0.39 is 0 Å². The van der Waals surface area contributed by atoms with Crippen molar-refractivity contribution in [2.45, 2.75) is 6.42 Å². The summed E-state index contributed by atoms with van der Waals surface area (Å²) in [6, 6.07) is 6.62. The van der Waals surface area contributed by atoms with Gasteiger partial charge in [0.15, 0.2) is 5.78 Å². The first-order chi connectivity index (χ1) is 12.5. The smallest absolute Gasteiger partial charge is 0.227 e. The number of benzene rings is 1. The molecule has 1 aliphatic rings. The molecule has 0 atom stereocenters. The van der Waals surface area contributed by atoms with Gasteiger partial charge in [0, 0.05) is 31.4 Å². The van der Waals surface area contributed by atoms with E-state index in [0.717, 1.165) is 24.1 Å². The third-order valence-corrected chi connectivity index (χ3v) is 4.92. The van der Waals surface area contributed by atoms with Crippen molar-refractivity contribution >= 4 is 11.6 Å². The molecule has 4 N–H and O–H groups in total. The number of hydrogen-bond donors (Lipinski definition) is 3. The van der Waals surface area contributed by atoms with Crippen LogP contribution in [-0.4, -0.2) is 39.8 Å². The number of carbonyl (C=O) groups is 2. The fourth-order valence-electron chi connectivity index (χ4n) is 3.66. The molecule has 2 aromatic heterocycles. The Bertz CT molecular complexity index is 1030. The number of aromatic nitrogens is 2. The highest BCUT2D eigenvalue weighted by Crippen LogP contribution is 2.36. The van der Waals surface area contributed by atoms with E-state index in [9.17, 15) is 14.7 Å². The SMILES string of the molecule is C[NH2+]CCc1cn(C)c2c1C(=O)c1c(-c3ccc(O)cc3)c[nH]c1C2=O. The van der Waals surface area contributed by atoms with Gasteiger partial charge in [-0.05, 0) is 23.3 Å². The van der Waals surface area contributed by atoms with Crippen LogP contribution in [0, 0.1) is 0 Å². The van der Waals surface area contributed by atoms with Crippen molar-refractivity contribution in [1.82, 2.24) is 9.55 Å². The van der Waals surface area contributed by atoms with Gasteiger partial charge < -0.3 is 20.0 Å². The molecule has 0 amide bonds. The zero-order valence-electron chi connectivity index (χ0n) is 14.7. The molecule has 6 heteroatoms. The topological polar surface area (TPSA) is 91.7 Å². The van der Waals surface area contributed by atoms with Crippen LogP contribution in [0.25, 0.3) is 11.1 Å². The highest BCUT2D eigenvalue weighted by molar-refractivity contribution is 6.30. The molecule has 0 aliphatic heterocycles. The minimum atomic E-state index is -0.158. The van der Waals surface area contributed by atoms with E-state index >= 15 is 0 Å². The Morgan fingerprint density at radius 3 is 2.54 bits per heavy atom. The summed E-state index contributed by atoms with van der Waals surface area (Å²) >= 11 is 0. The summed E-state index contributed by atoms with van der Waals surface area (Å²) in [4.78, 5) is 29.3. The number of aryl methyl sites for hydroxylation is 1. The lowest BCUT2D eigenvalue weighted by atomic mass is 9.86. The maximum absolute atomic E-state index is 13.3. The second kappa shape index (κ2) is 6.00. The van der Waals surface area contributed by atoms with Crippen molar-refractivity contribution < 1.29 is 20.0 Å². The number of hydrogen-bond acceptors (Lipinski definition) is 3. The number of H-pyrrole nitrogens is 1. The Labute approximate surface area is 150 Å². The molecular weight excluding hydrogens is 330 g/mol. The number of quaternary nitrogens is 1. The first-order valence-corrected chi connectivity index (χ1v) is 8.59. The highest BCUT2D eigenvalue weighted by atomic mass is 16.3. The molecular formula is C20H20N3O3+. The Balaban J connectivity index is 1.88. The molecule has 1 aromatic carbocycles. The fraction of sp³-hybridized carbons (Fsp3) is 0.200. The number of nitrogens with zero attached hydrogens (tertiary/aromatic N) is 1. The lowest BCUT2D eigenvalue weighted by Gasteiger charge is -2.15. The summed E-state index contributed by atoms with van der Waals surface area (Å²) in [7, 11) is 3.79. The van der Waals surface area contributed by atoms with Gasteiger partial charge in [-0.3, -0.25) is 9.59 Å². The van der Waals surface area contributed by atoms with E-state index in [1.54, 1.807) is 42.1 Å². The molecule has 0 unspecified atom stereocenters. The van der Waals surface area contributed by atoms with Gasteiger partial charge in [-0.15, -0.1) is 0 Å². The van der Waals surface area contributed by atoms with Crippen LogP contribution in [0.4, 0.5) is 0 Å². The average Bonchev–Trinajstić information content (AvgIpc) is 3.21. The highest BCUT2D eigenvalue weighted by Gasteiger charge is 2.37. The number of aromatic hydroxyl groups is 1. The van der Waals surface area contributed by atoms with Crippen LogP contribution in [0.2, 0.25) is 0 Å². The zero-order valence-corrected chi connectivity index (χ0v) is 14.7. The van der Waals surface area contributed by atoms with Crippen LogP contribution in [-0.2, 0) is 13.5 Å². The van der Waals surface area contributed by atoms with Gasteiger partial charge in [0.2, 0.25) is 5.78 Å². The van der Waals surface area contributed by atoms with Gasteiger partial charge in [0.05, 0.1) is 24.7 Å². The number of aromatic amines is 1. The summed E-state index contributed by atoms with van der Waals surface area (Å²) in [5.74, 6) is -0.122. The molecule has 0 radical (unpaired) electrons. The van der Waals surface area contributed by atoms with Crippen LogP contribution in [0.3, 0.4) is 0 Å². The number of nitrogens with one attached hydrogen (secondary N) is 1. The van der Waals surface area contributed by atoms with Gasteiger partial charge in [0.1, 0.15) is 17.1 Å². The molecule has 0 fully saturated rings. The van der Waals surface area contributed by atoms with Gasteiger partial charge in [0.25, 0.3) is 0 Å². The van der Waals surface area contributed by atoms with Crippen LogP contribution in [0.5, 0.6) is 5.75 Å². The van der Waals surface area contributed by atoms with Crippen LogP contribution < -0.4 is 5.32 Å². The lowest BCUT2D eigenvalue weighted by molar-refractivity contribution is -0.626. The zero-order chi connectivity index (χ0) is 18.4. The molecule has 1 aliphatic carbocycles. The van der Waals surface area contributed by atoms with E-state index in [4.69, 9.17) is 0 Å². The van der Waals surface area contributed by atoms with E-state index in [0.29, 0.717) is 28.1 Å². The number of carbonyl (C=O) groups excluding carboxylic acids is 2. The predicted molar refractivity (Wildman–Crippen MR) is 96.6 cm³/mol. The van der Waals surface area contributed by atoms with Crippen molar-refractivity contribution in [3.63, 3.8) is 0 Å². The molecule has 0 saturated carbocycles. The van der Waals surface area contributed by atoms with E-state index in [1.165, 1.54) is 0 Å². The number of likely N-dealkylation sites (N-methyl/N-ethyl adjacent to an activating group) is 1. The second-order valence-corrected chi connectivity index (χ2v) is 6.59. The van der Waals surface area contributed by atoms with E-state index in [2.05, 4.69) is 10.3 Å². The standard InChI is InChI=1S/C20H19N3O3/c1-21-8-7-12-10-23(2)18-15(12)19(25)16-14(9-22-17(16)20(18)26)11-3-5-13(24)6-4-11/h3-6,9-10,21-22,24H,7-8H2,1-2H3/p+1. The van der Waals surface area contributed by atoms with Crippen molar-refractivity contribution in [2.75, 3.05) is 13.6 Å². The molecule has 0 bridgehead atoms. The average molecular weight is 350 g/mol.